The van der Waals surface area contributed by atoms with Crippen molar-refractivity contribution in [2.75, 3.05) is 17.3 Å². The Morgan fingerprint density at radius 3 is 2.61 bits per heavy atom. The topological polar surface area (TPSA) is 78.1 Å². The van der Waals surface area contributed by atoms with E-state index in [1.807, 2.05) is 87.3 Å². The number of fused-ring (bicyclic) bond motifs is 1. The number of thioether (sulfide) groups is 1. The fourth-order valence-corrected chi connectivity index (χ4v) is 5.35. The fourth-order valence-electron chi connectivity index (χ4n) is 3.54. The Morgan fingerprint density at radius 2 is 1.85 bits per heavy atom. The van der Waals surface area contributed by atoms with Crippen molar-refractivity contribution in [3.05, 3.63) is 81.2 Å². The molecule has 2 aromatic heterocycles. The van der Waals surface area contributed by atoms with E-state index in [4.69, 9.17) is 0 Å². The molecule has 6 nitrogen and oxygen atoms in total. The third-order valence-electron chi connectivity index (χ3n) is 5.59. The SMILES string of the molecule is Cc1sc2nc(CSC(C)C(=O)Nc3ccccc3N(C)c3ccccc3)[nH]c(=O)c2c1C. The van der Waals surface area contributed by atoms with E-state index in [9.17, 15) is 9.59 Å². The number of hydrogen-bond donors (Lipinski definition) is 2. The predicted molar refractivity (Wildman–Crippen MR) is 140 cm³/mol. The number of benzene rings is 2. The molecule has 2 N–H and O–H groups in total. The Bertz CT molecular complexity index is 1350. The second-order valence-electron chi connectivity index (χ2n) is 7.83. The van der Waals surface area contributed by atoms with Crippen molar-refractivity contribution in [3.8, 4) is 0 Å². The van der Waals surface area contributed by atoms with Crippen molar-refractivity contribution in [3.63, 3.8) is 0 Å². The highest BCUT2D eigenvalue weighted by Gasteiger charge is 2.18. The Morgan fingerprint density at radius 1 is 1.15 bits per heavy atom. The van der Waals surface area contributed by atoms with Crippen molar-refractivity contribution in [1.29, 1.82) is 0 Å². The first-order valence-electron chi connectivity index (χ1n) is 10.6. The first-order valence-corrected chi connectivity index (χ1v) is 12.5. The number of H-pyrrole nitrogens is 1. The number of thiophene rings is 1. The van der Waals surface area contributed by atoms with Crippen LogP contribution in [0.3, 0.4) is 0 Å². The van der Waals surface area contributed by atoms with Crippen LogP contribution in [-0.4, -0.2) is 28.2 Å². The Labute approximate surface area is 201 Å². The summed E-state index contributed by atoms with van der Waals surface area (Å²) < 4.78 is 0. The molecule has 0 fully saturated rings. The highest BCUT2D eigenvalue weighted by Crippen LogP contribution is 2.31. The number of aryl methyl sites for hydroxylation is 2. The molecule has 0 spiro atoms. The summed E-state index contributed by atoms with van der Waals surface area (Å²) in [6.45, 7) is 5.80. The Hall–Kier alpha value is -3.10. The van der Waals surface area contributed by atoms with E-state index in [-0.39, 0.29) is 16.7 Å². The smallest absolute Gasteiger partial charge is 0.259 e. The lowest BCUT2D eigenvalue weighted by Crippen LogP contribution is -2.24. The van der Waals surface area contributed by atoms with Crippen LogP contribution in [0.5, 0.6) is 0 Å². The average Bonchev–Trinajstić information content (AvgIpc) is 3.11. The van der Waals surface area contributed by atoms with E-state index in [0.717, 1.165) is 32.3 Å². The molecule has 0 aliphatic heterocycles. The maximum absolute atomic E-state index is 12.9. The van der Waals surface area contributed by atoms with Crippen molar-refractivity contribution >= 4 is 56.3 Å². The van der Waals surface area contributed by atoms with Crippen LogP contribution in [0, 0.1) is 13.8 Å². The van der Waals surface area contributed by atoms with Crippen molar-refractivity contribution < 1.29 is 4.79 Å². The van der Waals surface area contributed by atoms with Crippen molar-refractivity contribution in [2.45, 2.75) is 31.8 Å². The van der Waals surface area contributed by atoms with Crippen LogP contribution in [-0.2, 0) is 10.5 Å². The largest absolute Gasteiger partial charge is 0.343 e. The van der Waals surface area contributed by atoms with E-state index >= 15 is 0 Å². The van der Waals surface area contributed by atoms with Crippen LogP contribution in [0.1, 0.15) is 23.2 Å². The molecule has 4 aromatic rings. The fraction of sp³-hybridized carbons (Fsp3) is 0.240. The summed E-state index contributed by atoms with van der Waals surface area (Å²) in [5, 5.41) is 3.39. The molecule has 1 unspecified atom stereocenters. The van der Waals surface area contributed by atoms with Gasteiger partial charge in [-0.15, -0.1) is 23.1 Å². The number of rotatable bonds is 7. The van der Waals surface area contributed by atoms with E-state index in [2.05, 4.69) is 15.3 Å². The summed E-state index contributed by atoms with van der Waals surface area (Å²) in [6.07, 6.45) is 0. The molecule has 33 heavy (non-hydrogen) atoms. The van der Waals surface area contributed by atoms with Gasteiger partial charge >= 0.3 is 0 Å². The van der Waals surface area contributed by atoms with Crippen LogP contribution in [0.2, 0.25) is 0 Å². The molecule has 2 aromatic carbocycles. The lowest BCUT2D eigenvalue weighted by Gasteiger charge is -2.23. The number of nitrogens with one attached hydrogen (secondary N) is 2. The van der Waals surface area contributed by atoms with Gasteiger partial charge in [-0.2, -0.15) is 0 Å². The molecule has 0 radical (unpaired) electrons. The number of amides is 1. The summed E-state index contributed by atoms with van der Waals surface area (Å²) in [5.41, 5.74) is 3.56. The lowest BCUT2D eigenvalue weighted by atomic mass is 10.2. The van der Waals surface area contributed by atoms with E-state index < -0.39 is 0 Å². The number of carbonyl (C=O) groups is 1. The van der Waals surface area contributed by atoms with Gasteiger partial charge in [0.1, 0.15) is 10.7 Å². The predicted octanol–water partition coefficient (Wildman–Crippen LogP) is 5.63. The molecule has 0 aliphatic carbocycles. The summed E-state index contributed by atoms with van der Waals surface area (Å²) in [7, 11) is 1.98. The second kappa shape index (κ2) is 9.80. The second-order valence-corrected chi connectivity index (χ2v) is 10.4. The molecule has 0 saturated heterocycles. The minimum atomic E-state index is -0.326. The van der Waals surface area contributed by atoms with E-state index in [1.54, 1.807) is 0 Å². The van der Waals surface area contributed by atoms with Gasteiger partial charge < -0.3 is 15.2 Å². The van der Waals surface area contributed by atoms with Gasteiger partial charge in [-0.25, -0.2) is 4.98 Å². The minimum Gasteiger partial charge on any atom is -0.343 e. The number of nitrogens with zero attached hydrogens (tertiary/aromatic N) is 2. The standard InChI is InChI=1S/C25H26N4O2S2/c1-15-16(2)33-25-22(15)24(31)27-21(28-25)14-32-17(3)23(30)26-19-12-8-9-13-20(19)29(4)18-10-6-5-7-11-18/h5-13,17H,14H2,1-4H3,(H,26,30)(H,27,28,31). The van der Waals surface area contributed by atoms with Gasteiger partial charge in [0.2, 0.25) is 5.91 Å². The zero-order valence-electron chi connectivity index (χ0n) is 19.0. The minimum absolute atomic E-state index is 0.0971. The molecule has 2 heterocycles. The van der Waals surface area contributed by atoms with Crippen LogP contribution in [0.25, 0.3) is 10.2 Å². The van der Waals surface area contributed by atoms with Gasteiger partial charge in [0, 0.05) is 17.6 Å². The van der Waals surface area contributed by atoms with Crippen molar-refractivity contribution in [2.24, 2.45) is 0 Å². The maximum Gasteiger partial charge on any atom is 0.259 e. The molecular weight excluding hydrogens is 452 g/mol. The zero-order valence-corrected chi connectivity index (χ0v) is 20.6. The number of para-hydroxylation sites is 3. The molecule has 1 atom stereocenters. The van der Waals surface area contributed by atoms with Crippen molar-refractivity contribution in [1.82, 2.24) is 9.97 Å². The quantitative estimate of drug-likeness (QED) is 0.360. The zero-order chi connectivity index (χ0) is 23.5. The van der Waals surface area contributed by atoms with E-state index in [1.165, 1.54) is 23.1 Å². The maximum atomic E-state index is 12.9. The molecule has 170 valence electrons. The molecular formula is C25H26N4O2S2. The Balaban J connectivity index is 1.45. The molecule has 8 heteroatoms. The normalized spacial score (nSPS) is 12.0. The molecule has 1 amide bonds. The van der Waals surface area contributed by atoms with Gasteiger partial charge in [0.25, 0.3) is 5.56 Å². The van der Waals surface area contributed by atoms with Gasteiger partial charge in [-0.1, -0.05) is 30.3 Å². The first-order chi connectivity index (χ1) is 15.8. The molecule has 0 aliphatic rings. The average molecular weight is 479 g/mol. The van der Waals surface area contributed by atoms with Gasteiger partial charge in [0.05, 0.1) is 27.8 Å². The molecule has 0 bridgehead atoms. The van der Waals surface area contributed by atoms with Crippen LogP contribution >= 0.6 is 23.1 Å². The van der Waals surface area contributed by atoms with Gasteiger partial charge in [0.15, 0.2) is 0 Å². The third kappa shape index (κ3) is 4.96. The highest BCUT2D eigenvalue weighted by molar-refractivity contribution is 7.99. The number of carbonyl (C=O) groups excluding carboxylic acids is 1. The van der Waals surface area contributed by atoms with Gasteiger partial charge in [-0.05, 0) is 50.6 Å². The van der Waals surface area contributed by atoms with E-state index in [0.29, 0.717) is 17.0 Å². The molecule has 4 rings (SSSR count). The van der Waals surface area contributed by atoms with Gasteiger partial charge in [-0.3, -0.25) is 9.59 Å². The van der Waals surface area contributed by atoms with Crippen LogP contribution < -0.4 is 15.8 Å². The first kappa shape index (κ1) is 23.1. The number of aromatic amines is 1. The summed E-state index contributed by atoms with van der Waals surface area (Å²) in [5.74, 6) is 0.934. The highest BCUT2D eigenvalue weighted by atomic mass is 32.2. The Kier molecular flexibility index (Phi) is 6.85. The number of anilines is 3. The lowest BCUT2D eigenvalue weighted by molar-refractivity contribution is -0.115. The summed E-state index contributed by atoms with van der Waals surface area (Å²) in [6, 6.07) is 17.7. The van der Waals surface area contributed by atoms with Crippen LogP contribution in [0.15, 0.2) is 59.4 Å². The third-order valence-corrected chi connectivity index (χ3v) is 7.85. The number of hydrogen-bond acceptors (Lipinski definition) is 6. The van der Waals surface area contributed by atoms with Crippen LogP contribution in [0.4, 0.5) is 17.1 Å². The number of aromatic nitrogens is 2. The molecule has 0 saturated carbocycles. The summed E-state index contributed by atoms with van der Waals surface area (Å²) in [4.78, 5) is 36.8. The monoisotopic (exact) mass is 478 g/mol. The summed E-state index contributed by atoms with van der Waals surface area (Å²) >= 11 is 2.97.